The standard InChI is InChI=1S/C25H33N5O3/c1-25(24(33)26-19-13-9-4-5-10-14-19)17-30-21(23(32)29(25)3)15-20(27-30)22(31)28(2)16-18-11-7-6-8-12-18/h6-8,11-12,15,19H,4-5,9-10,13-14,16-17H2,1-3H3,(H,26,33). The number of fused-ring (bicyclic) bond motifs is 1. The summed E-state index contributed by atoms with van der Waals surface area (Å²) in [5.41, 5.74) is 0.474. The van der Waals surface area contributed by atoms with E-state index in [1.54, 1.807) is 25.9 Å². The minimum Gasteiger partial charge on any atom is -0.351 e. The van der Waals surface area contributed by atoms with Gasteiger partial charge in [-0.15, -0.1) is 0 Å². The van der Waals surface area contributed by atoms with Gasteiger partial charge in [0.2, 0.25) is 5.91 Å². The zero-order chi connectivity index (χ0) is 23.6. The summed E-state index contributed by atoms with van der Waals surface area (Å²) >= 11 is 0. The van der Waals surface area contributed by atoms with Gasteiger partial charge in [-0.1, -0.05) is 56.0 Å². The van der Waals surface area contributed by atoms with Gasteiger partial charge in [0, 0.05) is 32.7 Å². The van der Waals surface area contributed by atoms with Gasteiger partial charge in [0.05, 0.1) is 6.54 Å². The predicted octanol–water partition coefficient (Wildman–Crippen LogP) is 2.84. The van der Waals surface area contributed by atoms with Crippen molar-refractivity contribution in [2.45, 2.75) is 70.1 Å². The number of aromatic nitrogens is 2. The van der Waals surface area contributed by atoms with Crippen molar-refractivity contribution in [3.63, 3.8) is 0 Å². The number of carbonyl (C=O) groups excluding carboxylic acids is 3. The lowest BCUT2D eigenvalue weighted by Gasteiger charge is -2.41. The second kappa shape index (κ2) is 9.37. The molecular formula is C25H33N5O3. The predicted molar refractivity (Wildman–Crippen MR) is 125 cm³/mol. The highest BCUT2D eigenvalue weighted by molar-refractivity contribution is 6.01. The van der Waals surface area contributed by atoms with Crippen LogP contribution in [0.2, 0.25) is 0 Å². The third kappa shape index (κ3) is 4.65. The van der Waals surface area contributed by atoms with Gasteiger partial charge in [-0.05, 0) is 25.3 Å². The molecule has 1 aromatic heterocycles. The van der Waals surface area contributed by atoms with Crippen molar-refractivity contribution in [1.82, 2.24) is 24.9 Å². The SMILES string of the molecule is CN(Cc1ccccc1)C(=O)c1cc2n(n1)CC(C)(C(=O)NC1CCCCCC1)N(C)C2=O. The Kier molecular flexibility index (Phi) is 6.54. The van der Waals surface area contributed by atoms with E-state index in [4.69, 9.17) is 0 Å². The Morgan fingerprint density at radius 3 is 2.48 bits per heavy atom. The van der Waals surface area contributed by atoms with Gasteiger partial charge in [-0.3, -0.25) is 19.1 Å². The first-order valence-corrected chi connectivity index (χ1v) is 11.8. The Morgan fingerprint density at radius 1 is 1.15 bits per heavy atom. The Hall–Kier alpha value is -3.16. The van der Waals surface area contributed by atoms with Crippen LogP contribution in [0.1, 0.15) is 72.0 Å². The van der Waals surface area contributed by atoms with E-state index in [1.807, 2.05) is 30.3 Å². The van der Waals surface area contributed by atoms with Crippen LogP contribution in [-0.2, 0) is 17.9 Å². The highest BCUT2D eigenvalue weighted by Crippen LogP contribution is 2.27. The number of carbonyl (C=O) groups is 3. The maximum absolute atomic E-state index is 13.3. The summed E-state index contributed by atoms with van der Waals surface area (Å²) in [5, 5.41) is 7.61. The second-order valence-corrected chi connectivity index (χ2v) is 9.52. The highest BCUT2D eigenvalue weighted by atomic mass is 16.2. The first-order chi connectivity index (χ1) is 15.8. The fraction of sp³-hybridized carbons (Fsp3) is 0.520. The first kappa shape index (κ1) is 23.0. The topological polar surface area (TPSA) is 87.5 Å². The van der Waals surface area contributed by atoms with E-state index in [2.05, 4.69) is 10.4 Å². The van der Waals surface area contributed by atoms with Gasteiger partial charge in [0.1, 0.15) is 11.2 Å². The average Bonchev–Trinajstić information content (AvgIpc) is 3.05. The molecule has 0 saturated heterocycles. The van der Waals surface area contributed by atoms with Crippen LogP contribution in [0.25, 0.3) is 0 Å². The Morgan fingerprint density at radius 2 is 1.82 bits per heavy atom. The molecule has 1 N–H and O–H groups in total. The van der Waals surface area contributed by atoms with Crippen molar-refractivity contribution in [1.29, 1.82) is 0 Å². The molecule has 1 saturated carbocycles. The summed E-state index contributed by atoms with van der Waals surface area (Å²) in [5.74, 6) is -0.738. The molecule has 1 aliphatic heterocycles. The molecule has 2 aliphatic rings. The molecule has 1 aliphatic carbocycles. The molecule has 176 valence electrons. The van der Waals surface area contributed by atoms with Crippen LogP contribution in [-0.4, -0.2) is 63.0 Å². The minimum atomic E-state index is -1.07. The smallest absolute Gasteiger partial charge is 0.274 e. The quantitative estimate of drug-likeness (QED) is 0.708. The summed E-state index contributed by atoms with van der Waals surface area (Å²) in [6.45, 7) is 2.42. The number of nitrogens with zero attached hydrogens (tertiary/aromatic N) is 4. The molecule has 1 unspecified atom stereocenters. The number of nitrogens with one attached hydrogen (secondary N) is 1. The lowest BCUT2D eigenvalue weighted by Crippen LogP contribution is -2.63. The summed E-state index contributed by atoms with van der Waals surface area (Å²) in [6, 6.07) is 11.4. The molecule has 0 radical (unpaired) electrons. The Balaban J connectivity index is 1.51. The maximum atomic E-state index is 13.3. The summed E-state index contributed by atoms with van der Waals surface area (Å²) < 4.78 is 1.51. The van der Waals surface area contributed by atoms with Gasteiger partial charge in [0.25, 0.3) is 11.8 Å². The highest BCUT2D eigenvalue weighted by Gasteiger charge is 2.46. The number of hydrogen-bond acceptors (Lipinski definition) is 4. The lowest BCUT2D eigenvalue weighted by atomic mass is 9.95. The molecule has 3 amide bonds. The third-order valence-corrected chi connectivity index (χ3v) is 7.01. The monoisotopic (exact) mass is 451 g/mol. The first-order valence-electron chi connectivity index (χ1n) is 11.8. The number of hydrogen-bond donors (Lipinski definition) is 1. The maximum Gasteiger partial charge on any atom is 0.274 e. The van der Waals surface area contributed by atoms with E-state index >= 15 is 0 Å². The van der Waals surface area contributed by atoms with Crippen LogP contribution < -0.4 is 5.32 Å². The molecule has 8 nitrogen and oxygen atoms in total. The Bertz CT molecular complexity index is 1030. The molecule has 2 aromatic rings. The normalized spacial score (nSPS) is 21.3. The van der Waals surface area contributed by atoms with E-state index in [9.17, 15) is 14.4 Å². The van der Waals surface area contributed by atoms with Crippen molar-refractivity contribution in [3.05, 3.63) is 53.3 Å². The van der Waals surface area contributed by atoms with Crippen molar-refractivity contribution >= 4 is 17.7 Å². The molecule has 1 atom stereocenters. The average molecular weight is 452 g/mol. The molecule has 0 bridgehead atoms. The van der Waals surface area contributed by atoms with E-state index < -0.39 is 5.54 Å². The van der Waals surface area contributed by atoms with E-state index in [-0.39, 0.29) is 36.0 Å². The van der Waals surface area contributed by atoms with E-state index in [0.717, 1.165) is 31.2 Å². The number of benzene rings is 1. The van der Waals surface area contributed by atoms with Gasteiger partial charge in [-0.25, -0.2) is 0 Å². The van der Waals surface area contributed by atoms with Gasteiger partial charge in [-0.2, -0.15) is 5.10 Å². The number of rotatable bonds is 5. The third-order valence-electron chi connectivity index (χ3n) is 7.01. The van der Waals surface area contributed by atoms with Crippen LogP contribution in [0.4, 0.5) is 0 Å². The molecule has 33 heavy (non-hydrogen) atoms. The van der Waals surface area contributed by atoms with E-state index in [0.29, 0.717) is 12.2 Å². The number of amides is 3. The Labute approximate surface area is 194 Å². The molecule has 1 aromatic carbocycles. The van der Waals surface area contributed by atoms with Gasteiger partial charge < -0.3 is 15.1 Å². The van der Waals surface area contributed by atoms with Crippen molar-refractivity contribution < 1.29 is 14.4 Å². The van der Waals surface area contributed by atoms with Gasteiger partial charge >= 0.3 is 0 Å². The van der Waals surface area contributed by atoms with Crippen molar-refractivity contribution in [2.75, 3.05) is 14.1 Å². The molecule has 1 fully saturated rings. The van der Waals surface area contributed by atoms with Crippen molar-refractivity contribution in [2.24, 2.45) is 0 Å². The molecule has 8 heteroatoms. The molecule has 4 rings (SSSR count). The number of likely N-dealkylation sites (N-methyl/N-ethyl adjacent to an activating group) is 1. The van der Waals surface area contributed by atoms with Crippen LogP contribution in [0.3, 0.4) is 0 Å². The zero-order valence-corrected chi connectivity index (χ0v) is 19.7. The fourth-order valence-electron chi connectivity index (χ4n) is 4.72. The van der Waals surface area contributed by atoms with Crippen LogP contribution in [0.15, 0.2) is 36.4 Å². The van der Waals surface area contributed by atoms with E-state index in [1.165, 1.54) is 28.5 Å². The lowest BCUT2D eigenvalue weighted by molar-refractivity contribution is -0.133. The van der Waals surface area contributed by atoms with Crippen LogP contribution >= 0.6 is 0 Å². The second-order valence-electron chi connectivity index (χ2n) is 9.52. The minimum absolute atomic E-state index is 0.142. The molecule has 0 spiro atoms. The molecular weight excluding hydrogens is 418 g/mol. The van der Waals surface area contributed by atoms with Crippen molar-refractivity contribution in [3.8, 4) is 0 Å². The van der Waals surface area contributed by atoms with Crippen LogP contribution in [0, 0.1) is 0 Å². The summed E-state index contributed by atoms with van der Waals surface area (Å²) in [4.78, 5) is 42.5. The molecule has 2 heterocycles. The fourth-order valence-corrected chi connectivity index (χ4v) is 4.72. The summed E-state index contributed by atoms with van der Waals surface area (Å²) in [6.07, 6.45) is 6.57. The van der Waals surface area contributed by atoms with Crippen LogP contribution in [0.5, 0.6) is 0 Å². The zero-order valence-electron chi connectivity index (χ0n) is 19.7. The largest absolute Gasteiger partial charge is 0.351 e. The van der Waals surface area contributed by atoms with Gasteiger partial charge in [0.15, 0.2) is 5.69 Å². The summed E-state index contributed by atoms with van der Waals surface area (Å²) in [7, 11) is 3.36.